The molecule has 2 N–H and O–H groups in total. The van der Waals surface area contributed by atoms with Crippen LogP contribution in [0.25, 0.3) is 0 Å². The number of fused-ring (bicyclic) bond motifs is 5. The summed E-state index contributed by atoms with van der Waals surface area (Å²) in [6.45, 7) is 3.55. The maximum Gasteiger partial charge on any atom is 0.339 e. The number of hydrogen-bond donors (Lipinski definition) is 2. The molecule has 0 saturated heterocycles. The molecule has 0 aliphatic heterocycles. The number of phenols is 1. The number of aliphatic hydroxyl groups excluding tert-OH is 1. The Labute approximate surface area is 286 Å². The number of hydrogen-bond acceptors (Lipinski definition) is 9. The molecule has 3 fully saturated rings. The summed E-state index contributed by atoms with van der Waals surface area (Å²) in [7, 11) is 0. The van der Waals surface area contributed by atoms with Gasteiger partial charge in [-0.05, 0) is 93.0 Å². The zero-order valence-electron chi connectivity index (χ0n) is 26.0. The van der Waals surface area contributed by atoms with Crippen LogP contribution in [0.1, 0.15) is 61.9 Å². The normalized spacial score (nSPS) is 34.0. The van der Waals surface area contributed by atoms with E-state index in [1.54, 1.807) is 49.4 Å². The van der Waals surface area contributed by atoms with E-state index in [2.05, 4.69) is 0 Å². The van der Waals surface area contributed by atoms with Crippen LogP contribution >= 0.6 is 35.1 Å². The minimum absolute atomic E-state index is 0.00809. The number of nitrogens with zero attached hydrogens (tertiary/aromatic N) is 1. The number of alkyl halides is 1. The Bertz CT molecular complexity index is 1740. The zero-order valence-corrected chi connectivity index (χ0v) is 28.4. The third kappa shape index (κ3) is 5.34. The van der Waals surface area contributed by atoms with Gasteiger partial charge in [0.25, 0.3) is 0 Å². The van der Waals surface area contributed by atoms with Gasteiger partial charge in [-0.25, -0.2) is 9.18 Å². The van der Waals surface area contributed by atoms with E-state index in [-0.39, 0.29) is 40.7 Å². The van der Waals surface area contributed by atoms with Crippen LogP contribution in [0.4, 0.5) is 4.39 Å². The Morgan fingerprint density at radius 3 is 2.60 bits per heavy atom. The second kappa shape index (κ2) is 12.4. The molecule has 4 aliphatic carbocycles. The highest BCUT2D eigenvalue weighted by atomic mass is 35.5. The average Bonchev–Trinajstić information content (AvgIpc) is 3.33. The summed E-state index contributed by atoms with van der Waals surface area (Å²) < 4.78 is 23.8. The minimum Gasteiger partial charge on any atom is -0.506 e. The van der Waals surface area contributed by atoms with E-state index in [0.717, 1.165) is 22.2 Å². The quantitative estimate of drug-likeness (QED) is 0.225. The molecule has 0 aromatic heterocycles. The maximum absolute atomic E-state index is 17.6. The number of phenolic OH excluding ortho intramolecular Hbond substituents is 1. The number of allylic oxidation sites excluding steroid dienone is 4. The molecule has 47 heavy (non-hydrogen) atoms. The predicted molar refractivity (Wildman–Crippen MR) is 179 cm³/mol. The van der Waals surface area contributed by atoms with Gasteiger partial charge in [0.15, 0.2) is 17.1 Å². The number of ether oxygens (including phenoxy) is 1. The van der Waals surface area contributed by atoms with E-state index in [4.69, 9.17) is 16.3 Å². The van der Waals surface area contributed by atoms with E-state index < -0.39 is 51.1 Å². The summed E-state index contributed by atoms with van der Waals surface area (Å²) in [6, 6.07) is 13.8. The molecule has 7 atom stereocenters. The van der Waals surface area contributed by atoms with Crippen LogP contribution in [0.2, 0.25) is 5.02 Å². The monoisotopic (exact) mass is 695 g/mol. The number of nitriles is 1. The molecular weight excluding hydrogens is 661 g/mol. The number of carbonyl (C=O) groups is 3. The molecule has 0 unspecified atom stereocenters. The van der Waals surface area contributed by atoms with Gasteiger partial charge >= 0.3 is 5.97 Å². The van der Waals surface area contributed by atoms with Crippen molar-refractivity contribution in [3.63, 3.8) is 0 Å². The molecule has 6 rings (SSSR count). The Kier molecular flexibility index (Phi) is 8.92. The number of aromatic hydroxyl groups is 1. The molecule has 0 amide bonds. The first-order chi connectivity index (χ1) is 22.3. The van der Waals surface area contributed by atoms with E-state index in [9.17, 15) is 29.9 Å². The first-order valence-corrected chi connectivity index (χ1v) is 17.9. The van der Waals surface area contributed by atoms with Crippen molar-refractivity contribution in [2.24, 2.45) is 22.7 Å². The van der Waals surface area contributed by atoms with Gasteiger partial charge in [0, 0.05) is 27.4 Å². The first-order valence-electron chi connectivity index (χ1n) is 15.6. The molecular formula is C36H35ClFNO6S2. The Morgan fingerprint density at radius 2 is 1.89 bits per heavy atom. The Balaban J connectivity index is 1.27. The molecule has 2 aromatic rings. The van der Waals surface area contributed by atoms with Crippen molar-refractivity contribution in [3.05, 3.63) is 82.4 Å². The summed E-state index contributed by atoms with van der Waals surface area (Å²) in [5.41, 5.74) is -4.22. The van der Waals surface area contributed by atoms with Crippen LogP contribution in [0.3, 0.4) is 0 Å². The number of ketones is 1. The van der Waals surface area contributed by atoms with Gasteiger partial charge in [0.1, 0.15) is 5.75 Å². The molecule has 0 radical (unpaired) electrons. The molecule has 4 aliphatic rings. The lowest BCUT2D eigenvalue weighted by Crippen LogP contribution is -2.69. The smallest absolute Gasteiger partial charge is 0.339 e. The average molecular weight is 696 g/mol. The summed E-state index contributed by atoms with van der Waals surface area (Å²) in [5, 5.41) is 30.5. The highest BCUT2D eigenvalue weighted by molar-refractivity contribution is 8.14. The molecule has 0 spiro atoms. The van der Waals surface area contributed by atoms with Gasteiger partial charge in [-0.3, -0.25) is 9.59 Å². The third-order valence-electron chi connectivity index (χ3n) is 11.1. The van der Waals surface area contributed by atoms with Crippen LogP contribution < -0.4 is 0 Å². The van der Waals surface area contributed by atoms with Crippen molar-refractivity contribution in [1.29, 1.82) is 5.26 Å². The highest BCUT2D eigenvalue weighted by Crippen LogP contribution is 2.70. The fraction of sp³-hybridized carbons (Fsp3) is 0.444. The van der Waals surface area contributed by atoms with E-state index in [1.165, 1.54) is 30.0 Å². The van der Waals surface area contributed by atoms with Crippen molar-refractivity contribution in [2.75, 3.05) is 5.75 Å². The zero-order chi connectivity index (χ0) is 33.8. The summed E-state index contributed by atoms with van der Waals surface area (Å²) in [5.74, 6) is -1.50. The standard InChI is InChI=1S/C36H35ClFNO6S2/c1-33-13-11-24(40)17-23(33)7-9-27-26-12-14-35(32(44)46-16-15-39,34(26,2)19-30(42)36(27,33)38)45-31(43)22-5-3-21(4-6-22)20-47-25-8-10-29(41)28(37)18-25/h3-6,8,10-11,13,17-18,26-27,30,41-42H,7,9,12,14,16,19-20H2,1-2H3/t26-,27-,30-,33-,34-,35-,36-/m0/s1. The number of esters is 1. The molecule has 2 aromatic carbocycles. The topological polar surface area (TPSA) is 125 Å². The van der Waals surface area contributed by atoms with Gasteiger partial charge in [0.2, 0.25) is 5.12 Å². The third-order valence-corrected chi connectivity index (χ3v) is 13.4. The summed E-state index contributed by atoms with van der Waals surface area (Å²) in [4.78, 5) is 40.8. The first kappa shape index (κ1) is 33.8. The van der Waals surface area contributed by atoms with Crippen molar-refractivity contribution in [3.8, 4) is 11.8 Å². The molecule has 3 saturated carbocycles. The summed E-state index contributed by atoms with van der Waals surface area (Å²) in [6.07, 6.45) is 4.23. The van der Waals surface area contributed by atoms with Crippen LogP contribution in [0.15, 0.2) is 71.2 Å². The number of aliphatic hydroxyl groups is 1. The van der Waals surface area contributed by atoms with Gasteiger partial charge in [0.05, 0.1) is 28.5 Å². The van der Waals surface area contributed by atoms with E-state index in [1.807, 2.05) is 13.0 Å². The fourth-order valence-electron chi connectivity index (χ4n) is 8.66. The fourth-order valence-corrected chi connectivity index (χ4v) is 10.6. The number of benzene rings is 2. The van der Waals surface area contributed by atoms with Crippen molar-refractivity contribution < 1.29 is 33.7 Å². The second-order valence-corrected chi connectivity index (χ2v) is 15.8. The van der Waals surface area contributed by atoms with Gasteiger partial charge in [-0.15, -0.1) is 11.8 Å². The van der Waals surface area contributed by atoms with Crippen molar-refractivity contribution in [1.82, 2.24) is 0 Å². The van der Waals surface area contributed by atoms with E-state index in [0.29, 0.717) is 30.6 Å². The van der Waals surface area contributed by atoms with Crippen LogP contribution in [-0.2, 0) is 20.1 Å². The SMILES string of the molecule is C[C@]12C=CC(=O)C=C1CC[C@H]1[C@@H]3CC[C@](OC(=O)c4ccc(CSc5ccc(O)c(Cl)c5)cc4)(C(=O)SCC#N)[C@@]3(C)C[C@H](O)[C@@]12F. The van der Waals surface area contributed by atoms with Crippen molar-refractivity contribution >= 4 is 52.0 Å². The molecule has 0 bridgehead atoms. The second-order valence-electron chi connectivity index (χ2n) is 13.4. The number of thioether (sulfide) groups is 2. The largest absolute Gasteiger partial charge is 0.506 e. The van der Waals surface area contributed by atoms with Gasteiger partial charge in [-0.2, -0.15) is 5.26 Å². The van der Waals surface area contributed by atoms with Crippen LogP contribution in [-0.4, -0.2) is 50.2 Å². The number of carbonyl (C=O) groups excluding carboxylic acids is 3. The molecule has 246 valence electrons. The Morgan fingerprint density at radius 1 is 1.15 bits per heavy atom. The Hall–Kier alpha value is -3.10. The maximum atomic E-state index is 17.6. The lowest BCUT2D eigenvalue weighted by molar-refractivity contribution is -0.214. The minimum atomic E-state index is -2.08. The number of rotatable bonds is 7. The van der Waals surface area contributed by atoms with Crippen LogP contribution in [0.5, 0.6) is 5.75 Å². The lowest BCUT2D eigenvalue weighted by Gasteiger charge is -2.62. The molecule has 7 nitrogen and oxygen atoms in total. The van der Waals surface area contributed by atoms with Crippen molar-refractivity contribution in [2.45, 2.75) is 74.0 Å². The summed E-state index contributed by atoms with van der Waals surface area (Å²) >= 11 is 8.31. The predicted octanol–water partition coefficient (Wildman–Crippen LogP) is 7.39. The van der Waals surface area contributed by atoms with E-state index >= 15 is 4.39 Å². The van der Waals surface area contributed by atoms with Gasteiger partial charge in [-0.1, -0.05) is 54.1 Å². The van der Waals surface area contributed by atoms with Gasteiger partial charge < -0.3 is 14.9 Å². The molecule has 11 heteroatoms. The number of halogens is 2. The van der Waals surface area contributed by atoms with Crippen LogP contribution in [0, 0.1) is 34.0 Å². The molecule has 0 heterocycles. The highest BCUT2D eigenvalue weighted by Gasteiger charge is 2.75. The lowest BCUT2D eigenvalue weighted by atomic mass is 9.45.